The lowest BCUT2D eigenvalue weighted by molar-refractivity contribution is 0.312. The Labute approximate surface area is 171 Å². The Morgan fingerprint density at radius 3 is 2.85 bits per heavy atom. The first-order valence-corrected chi connectivity index (χ1v) is 10.7. The number of aliphatic imine (C=N–C) groups is 1. The standard InChI is InChI=1S/C21H19BrN4S/c1-14-13-26-20(19(24-21(26)27-14)17-8-2-3-10-23-17)18-9-5-11-25(18)16-7-4-6-15(22)12-16/h2-12,14,19-20H,13H2,1H3. The summed E-state index contributed by atoms with van der Waals surface area (Å²) in [6, 6.07) is 19.0. The third kappa shape index (κ3) is 3.01. The second kappa shape index (κ2) is 6.84. The third-order valence-electron chi connectivity index (χ3n) is 5.05. The third-order valence-corrected chi connectivity index (χ3v) is 6.65. The average molecular weight is 439 g/mol. The number of hydrogen-bond donors (Lipinski definition) is 0. The summed E-state index contributed by atoms with van der Waals surface area (Å²) in [7, 11) is 0. The van der Waals surface area contributed by atoms with E-state index in [1.165, 1.54) is 5.69 Å². The summed E-state index contributed by atoms with van der Waals surface area (Å²) in [6.07, 6.45) is 4.00. The zero-order valence-electron chi connectivity index (χ0n) is 14.9. The van der Waals surface area contributed by atoms with Crippen LogP contribution in [0.2, 0.25) is 0 Å². The minimum Gasteiger partial charge on any atom is -0.339 e. The van der Waals surface area contributed by atoms with Crippen LogP contribution < -0.4 is 0 Å². The molecule has 27 heavy (non-hydrogen) atoms. The van der Waals surface area contributed by atoms with Crippen molar-refractivity contribution in [1.29, 1.82) is 0 Å². The predicted molar refractivity (Wildman–Crippen MR) is 114 cm³/mol. The summed E-state index contributed by atoms with van der Waals surface area (Å²) in [5.74, 6) is 0. The van der Waals surface area contributed by atoms with Gasteiger partial charge < -0.3 is 9.47 Å². The van der Waals surface area contributed by atoms with Crippen LogP contribution in [-0.4, -0.2) is 31.4 Å². The molecule has 0 aliphatic carbocycles. The summed E-state index contributed by atoms with van der Waals surface area (Å²) in [5, 5.41) is 1.70. The normalized spacial score (nSPS) is 24.1. The van der Waals surface area contributed by atoms with Gasteiger partial charge >= 0.3 is 0 Å². The van der Waals surface area contributed by atoms with E-state index in [0.29, 0.717) is 5.25 Å². The van der Waals surface area contributed by atoms with Crippen molar-refractivity contribution in [2.45, 2.75) is 24.3 Å². The molecule has 1 saturated heterocycles. The lowest BCUT2D eigenvalue weighted by Gasteiger charge is -2.28. The van der Waals surface area contributed by atoms with Crippen LogP contribution in [-0.2, 0) is 0 Å². The van der Waals surface area contributed by atoms with E-state index in [9.17, 15) is 0 Å². The van der Waals surface area contributed by atoms with Crippen LogP contribution in [0.4, 0.5) is 0 Å². The molecule has 2 aromatic heterocycles. The van der Waals surface area contributed by atoms with Gasteiger partial charge in [0.25, 0.3) is 0 Å². The van der Waals surface area contributed by atoms with Crippen molar-refractivity contribution in [1.82, 2.24) is 14.5 Å². The van der Waals surface area contributed by atoms with Crippen molar-refractivity contribution >= 4 is 32.9 Å². The number of thioether (sulfide) groups is 1. The number of pyridine rings is 1. The highest BCUT2D eigenvalue weighted by atomic mass is 79.9. The molecule has 4 heterocycles. The molecule has 2 aliphatic heterocycles. The van der Waals surface area contributed by atoms with Gasteiger partial charge in [-0.3, -0.25) is 9.98 Å². The molecule has 5 rings (SSSR count). The zero-order chi connectivity index (χ0) is 18.4. The van der Waals surface area contributed by atoms with Gasteiger partial charge in [0.05, 0.1) is 11.7 Å². The molecule has 6 heteroatoms. The second-order valence-electron chi connectivity index (χ2n) is 6.92. The molecule has 0 radical (unpaired) electrons. The van der Waals surface area contributed by atoms with Gasteiger partial charge in [0.2, 0.25) is 0 Å². The van der Waals surface area contributed by atoms with Gasteiger partial charge in [-0.05, 0) is 42.5 Å². The summed E-state index contributed by atoms with van der Waals surface area (Å²) < 4.78 is 3.35. The van der Waals surface area contributed by atoms with Gasteiger partial charge in [-0.1, -0.05) is 46.7 Å². The minimum absolute atomic E-state index is 0.0157. The molecule has 3 unspecified atom stereocenters. The smallest absolute Gasteiger partial charge is 0.160 e. The van der Waals surface area contributed by atoms with Crippen LogP contribution in [0.25, 0.3) is 5.69 Å². The van der Waals surface area contributed by atoms with Crippen LogP contribution in [0.5, 0.6) is 0 Å². The van der Waals surface area contributed by atoms with E-state index in [0.717, 1.165) is 27.6 Å². The quantitative estimate of drug-likeness (QED) is 0.561. The largest absolute Gasteiger partial charge is 0.339 e. The van der Waals surface area contributed by atoms with E-state index < -0.39 is 0 Å². The van der Waals surface area contributed by atoms with Crippen LogP contribution in [0.1, 0.15) is 30.4 Å². The van der Waals surface area contributed by atoms with E-state index in [-0.39, 0.29) is 12.1 Å². The first-order chi connectivity index (χ1) is 13.2. The van der Waals surface area contributed by atoms with E-state index in [2.05, 4.69) is 86.0 Å². The number of fused-ring (bicyclic) bond motifs is 1. The monoisotopic (exact) mass is 438 g/mol. The second-order valence-corrected chi connectivity index (χ2v) is 9.24. The van der Waals surface area contributed by atoms with Crippen molar-refractivity contribution in [2.24, 2.45) is 4.99 Å². The Morgan fingerprint density at radius 2 is 2.04 bits per heavy atom. The van der Waals surface area contributed by atoms with E-state index in [1.807, 2.05) is 30.1 Å². The molecule has 136 valence electrons. The number of halogens is 1. The number of amidine groups is 1. The molecular weight excluding hydrogens is 420 g/mol. The Kier molecular flexibility index (Phi) is 4.32. The Balaban J connectivity index is 1.62. The lowest BCUT2D eigenvalue weighted by atomic mass is 10.0. The highest BCUT2D eigenvalue weighted by Gasteiger charge is 2.44. The Bertz CT molecular complexity index is 1000. The Hall–Kier alpha value is -2.05. The first kappa shape index (κ1) is 17.1. The van der Waals surface area contributed by atoms with Crippen LogP contribution in [0.3, 0.4) is 0 Å². The molecule has 0 amide bonds. The van der Waals surface area contributed by atoms with Gasteiger partial charge in [-0.25, -0.2) is 0 Å². The molecule has 0 bridgehead atoms. The maximum Gasteiger partial charge on any atom is 0.160 e. The van der Waals surface area contributed by atoms with Gasteiger partial charge in [0.1, 0.15) is 6.04 Å². The van der Waals surface area contributed by atoms with Crippen molar-refractivity contribution in [2.75, 3.05) is 6.54 Å². The maximum absolute atomic E-state index is 5.08. The van der Waals surface area contributed by atoms with E-state index >= 15 is 0 Å². The molecular formula is C21H19BrN4S. The molecule has 3 atom stereocenters. The zero-order valence-corrected chi connectivity index (χ0v) is 17.3. The summed E-state index contributed by atoms with van der Waals surface area (Å²) >= 11 is 5.47. The summed E-state index contributed by atoms with van der Waals surface area (Å²) in [4.78, 5) is 12.2. The van der Waals surface area contributed by atoms with E-state index in [1.54, 1.807) is 0 Å². The molecule has 4 nitrogen and oxygen atoms in total. The summed E-state index contributed by atoms with van der Waals surface area (Å²) in [6.45, 7) is 3.28. The average Bonchev–Trinajstić information content (AvgIpc) is 3.36. The highest BCUT2D eigenvalue weighted by Crippen LogP contribution is 2.47. The van der Waals surface area contributed by atoms with Gasteiger partial charge in [0, 0.05) is 40.0 Å². The molecule has 0 saturated carbocycles. The predicted octanol–water partition coefficient (Wildman–Crippen LogP) is 5.22. The maximum atomic E-state index is 5.08. The van der Waals surface area contributed by atoms with Crippen molar-refractivity contribution in [3.8, 4) is 5.69 Å². The first-order valence-electron chi connectivity index (χ1n) is 9.06. The fourth-order valence-electron chi connectivity index (χ4n) is 3.93. The van der Waals surface area contributed by atoms with E-state index in [4.69, 9.17) is 4.99 Å². The molecule has 1 aromatic carbocycles. The number of hydrogen-bond acceptors (Lipinski definition) is 4. The number of benzene rings is 1. The SMILES string of the molecule is CC1CN2C(=NC(c3ccccn3)C2c2cccn2-c2cccc(Br)c2)S1. The van der Waals surface area contributed by atoms with Crippen molar-refractivity contribution < 1.29 is 0 Å². The molecule has 3 aromatic rings. The highest BCUT2D eigenvalue weighted by molar-refractivity contribution is 9.10. The van der Waals surface area contributed by atoms with Gasteiger partial charge in [0.15, 0.2) is 5.17 Å². The van der Waals surface area contributed by atoms with Crippen molar-refractivity contribution in [3.63, 3.8) is 0 Å². The Morgan fingerprint density at radius 1 is 1.11 bits per heavy atom. The lowest BCUT2D eigenvalue weighted by Crippen LogP contribution is -2.30. The topological polar surface area (TPSA) is 33.4 Å². The number of aromatic nitrogens is 2. The van der Waals surface area contributed by atoms with Crippen LogP contribution in [0.15, 0.2) is 76.5 Å². The van der Waals surface area contributed by atoms with Crippen LogP contribution >= 0.6 is 27.7 Å². The number of nitrogens with zero attached hydrogens (tertiary/aromatic N) is 4. The molecule has 1 fully saturated rings. The summed E-state index contributed by atoms with van der Waals surface area (Å²) in [5.41, 5.74) is 3.43. The molecule has 0 spiro atoms. The van der Waals surface area contributed by atoms with Crippen molar-refractivity contribution in [3.05, 3.63) is 82.9 Å². The molecule has 2 aliphatic rings. The number of rotatable bonds is 3. The van der Waals surface area contributed by atoms with Gasteiger partial charge in [-0.15, -0.1) is 0 Å². The minimum atomic E-state index is 0.0157. The fourth-order valence-corrected chi connectivity index (χ4v) is 5.41. The molecule has 0 N–H and O–H groups in total. The van der Waals surface area contributed by atoms with Crippen LogP contribution in [0, 0.1) is 0 Å². The van der Waals surface area contributed by atoms with Gasteiger partial charge in [-0.2, -0.15) is 0 Å². The fraction of sp³-hybridized carbons (Fsp3) is 0.238.